The molecule has 0 spiro atoms. The van der Waals surface area contributed by atoms with Crippen molar-refractivity contribution in [1.29, 1.82) is 0 Å². The number of carbonyl (C=O) groups is 1. The zero-order valence-corrected chi connectivity index (χ0v) is 11.1. The highest BCUT2D eigenvalue weighted by Gasteiger charge is 2.16. The molecular weight excluding hydrogens is 234 g/mol. The summed E-state index contributed by atoms with van der Waals surface area (Å²) in [5.41, 5.74) is 1.98. The largest absolute Gasteiger partial charge is 0.480 e. The number of rotatable bonds is 7. The molecule has 2 N–H and O–H groups in total. The molecule has 1 unspecified atom stereocenters. The summed E-state index contributed by atoms with van der Waals surface area (Å²) in [6.45, 7) is 1.98. The van der Waals surface area contributed by atoms with Crippen LogP contribution in [0.15, 0.2) is 24.3 Å². The van der Waals surface area contributed by atoms with Crippen molar-refractivity contribution in [1.82, 2.24) is 0 Å². The third-order valence-electron chi connectivity index (χ3n) is 2.61. The zero-order chi connectivity index (χ0) is 12.7. The molecule has 3 nitrogen and oxygen atoms in total. The lowest BCUT2D eigenvalue weighted by Gasteiger charge is -2.17. The summed E-state index contributed by atoms with van der Waals surface area (Å²) in [5, 5.41) is 12.3. The van der Waals surface area contributed by atoms with Crippen LogP contribution in [0.4, 0.5) is 5.69 Å². The molecule has 0 aliphatic heterocycles. The van der Waals surface area contributed by atoms with E-state index in [4.69, 9.17) is 5.11 Å². The minimum absolute atomic E-state index is 0.497. The predicted molar refractivity (Wildman–Crippen MR) is 73.8 cm³/mol. The van der Waals surface area contributed by atoms with Gasteiger partial charge in [-0.05, 0) is 43.4 Å². The Balaban J connectivity index is 2.61. The zero-order valence-electron chi connectivity index (χ0n) is 10.3. The molecule has 4 heteroatoms. The summed E-state index contributed by atoms with van der Waals surface area (Å²) in [6.07, 6.45) is 3.60. The van der Waals surface area contributed by atoms with Gasteiger partial charge in [-0.1, -0.05) is 18.2 Å². The number of para-hydroxylation sites is 1. The van der Waals surface area contributed by atoms with E-state index < -0.39 is 12.0 Å². The predicted octanol–water partition coefficient (Wildman–Crippen LogP) is 3.00. The molecule has 17 heavy (non-hydrogen) atoms. The molecule has 1 rings (SSSR count). The molecule has 0 saturated carbocycles. The molecular formula is C13H19NO2S. The maximum atomic E-state index is 11.1. The number of nitrogens with one attached hydrogen (secondary N) is 1. The van der Waals surface area contributed by atoms with E-state index in [9.17, 15) is 4.79 Å². The van der Waals surface area contributed by atoms with Gasteiger partial charge in [0.1, 0.15) is 6.04 Å². The highest BCUT2D eigenvalue weighted by atomic mass is 32.2. The van der Waals surface area contributed by atoms with E-state index in [-0.39, 0.29) is 0 Å². The summed E-state index contributed by atoms with van der Waals surface area (Å²) < 4.78 is 0. The van der Waals surface area contributed by atoms with Gasteiger partial charge in [0.2, 0.25) is 0 Å². The van der Waals surface area contributed by atoms with Gasteiger partial charge >= 0.3 is 5.97 Å². The van der Waals surface area contributed by atoms with Crippen molar-refractivity contribution in [2.45, 2.75) is 25.8 Å². The van der Waals surface area contributed by atoms with E-state index in [0.717, 1.165) is 23.4 Å². The molecule has 1 atom stereocenters. The van der Waals surface area contributed by atoms with E-state index in [1.807, 2.05) is 37.4 Å². The molecule has 0 fully saturated rings. The van der Waals surface area contributed by atoms with Crippen molar-refractivity contribution >= 4 is 23.4 Å². The Morgan fingerprint density at radius 1 is 1.47 bits per heavy atom. The second-order valence-corrected chi connectivity index (χ2v) is 4.97. The molecule has 94 valence electrons. The van der Waals surface area contributed by atoms with E-state index in [1.165, 1.54) is 0 Å². The molecule has 0 saturated heterocycles. The highest BCUT2D eigenvalue weighted by Crippen LogP contribution is 2.16. The fourth-order valence-corrected chi connectivity index (χ4v) is 2.07. The quantitative estimate of drug-likeness (QED) is 0.733. The van der Waals surface area contributed by atoms with Gasteiger partial charge in [0.15, 0.2) is 0 Å². The fourth-order valence-electron chi connectivity index (χ4n) is 1.61. The van der Waals surface area contributed by atoms with Gasteiger partial charge in [-0.2, -0.15) is 11.8 Å². The standard InChI is InChI=1S/C13H19NO2S/c1-10-6-3-4-7-11(10)14-12(13(15)16)8-5-9-17-2/h3-4,6-7,12,14H,5,8-9H2,1-2H3,(H,15,16). The maximum Gasteiger partial charge on any atom is 0.326 e. The number of hydrogen-bond acceptors (Lipinski definition) is 3. The Kier molecular flexibility index (Phi) is 5.91. The molecule has 1 aromatic rings. The highest BCUT2D eigenvalue weighted by molar-refractivity contribution is 7.98. The molecule has 0 aromatic heterocycles. The molecule has 0 aliphatic carbocycles. The molecule has 1 aromatic carbocycles. The summed E-state index contributed by atoms with van der Waals surface area (Å²) in [4.78, 5) is 11.1. The van der Waals surface area contributed by atoms with Crippen molar-refractivity contribution < 1.29 is 9.90 Å². The lowest BCUT2D eigenvalue weighted by molar-refractivity contribution is -0.138. The van der Waals surface area contributed by atoms with Crippen molar-refractivity contribution in [2.75, 3.05) is 17.3 Å². The number of thioether (sulfide) groups is 1. The van der Waals surface area contributed by atoms with E-state index in [0.29, 0.717) is 6.42 Å². The van der Waals surface area contributed by atoms with Crippen LogP contribution in [0.5, 0.6) is 0 Å². The lowest BCUT2D eigenvalue weighted by Crippen LogP contribution is -2.29. The average molecular weight is 253 g/mol. The Morgan fingerprint density at radius 3 is 2.76 bits per heavy atom. The monoisotopic (exact) mass is 253 g/mol. The number of anilines is 1. The van der Waals surface area contributed by atoms with Crippen LogP contribution in [0, 0.1) is 6.92 Å². The number of carboxylic acid groups (broad SMARTS) is 1. The number of aliphatic carboxylic acids is 1. The van der Waals surface area contributed by atoms with Gasteiger partial charge in [-0.3, -0.25) is 0 Å². The van der Waals surface area contributed by atoms with Crippen LogP contribution in [-0.2, 0) is 4.79 Å². The van der Waals surface area contributed by atoms with Crippen LogP contribution in [0.3, 0.4) is 0 Å². The minimum atomic E-state index is -0.783. The third kappa shape index (κ3) is 4.69. The van der Waals surface area contributed by atoms with Crippen LogP contribution in [0.1, 0.15) is 18.4 Å². The van der Waals surface area contributed by atoms with Crippen molar-refractivity contribution in [3.63, 3.8) is 0 Å². The maximum absolute atomic E-state index is 11.1. The van der Waals surface area contributed by atoms with Crippen molar-refractivity contribution in [2.24, 2.45) is 0 Å². The molecule has 0 bridgehead atoms. The first-order valence-corrected chi connectivity index (χ1v) is 7.08. The summed E-state index contributed by atoms with van der Waals surface area (Å²) in [5.74, 6) is 0.216. The Labute approximate surface area is 107 Å². The van der Waals surface area contributed by atoms with E-state index in [2.05, 4.69) is 5.32 Å². The van der Waals surface area contributed by atoms with Crippen LogP contribution in [-0.4, -0.2) is 29.1 Å². The van der Waals surface area contributed by atoms with Crippen LogP contribution in [0.2, 0.25) is 0 Å². The van der Waals surface area contributed by atoms with E-state index in [1.54, 1.807) is 11.8 Å². The Hall–Kier alpha value is -1.16. The van der Waals surface area contributed by atoms with Gasteiger partial charge < -0.3 is 10.4 Å². The summed E-state index contributed by atoms with van der Waals surface area (Å²) in [7, 11) is 0. The van der Waals surface area contributed by atoms with E-state index >= 15 is 0 Å². The Morgan fingerprint density at radius 2 is 2.18 bits per heavy atom. The Bertz CT molecular complexity index is 368. The number of aryl methyl sites for hydroxylation is 1. The topological polar surface area (TPSA) is 49.3 Å². The number of benzene rings is 1. The first-order valence-electron chi connectivity index (χ1n) is 5.69. The van der Waals surface area contributed by atoms with Gasteiger partial charge in [0.05, 0.1) is 0 Å². The molecule has 0 aliphatic rings. The normalized spacial score (nSPS) is 12.1. The minimum Gasteiger partial charge on any atom is -0.480 e. The second kappa shape index (κ2) is 7.22. The third-order valence-corrected chi connectivity index (χ3v) is 3.31. The van der Waals surface area contributed by atoms with Crippen molar-refractivity contribution in [3.05, 3.63) is 29.8 Å². The van der Waals surface area contributed by atoms with Gasteiger partial charge in [-0.15, -0.1) is 0 Å². The van der Waals surface area contributed by atoms with Gasteiger partial charge in [0.25, 0.3) is 0 Å². The van der Waals surface area contributed by atoms with Crippen LogP contribution in [0.25, 0.3) is 0 Å². The number of carboxylic acids is 1. The molecule has 0 heterocycles. The van der Waals surface area contributed by atoms with Crippen LogP contribution >= 0.6 is 11.8 Å². The summed E-state index contributed by atoms with van der Waals surface area (Å²) >= 11 is 1.74. The molecule has 0 radical (unpaired) electrons. The first-order chi connectivity index (χ1) is 8.15. The smallest absolute Gasteiger partial charge is 0.326 e. The summed E-state index contributed by atoms with van der Waals surface area (Å²) in [6, 6.07) is 7.26. The lowest BCUT2D eigenvalue weighted by atomic mass is 10.1. The van der Waals surface area contributed by atoms with Crippen LogP contribution < -0.4 is 5.32 Å². The molecule has 0 amide bonds. The SMILES string of the molecule is CSCCCC(Nc1ccccc1C)C(=O)O. The number of hydrogen-bond donors (Lipinski definition) is 2. The fraction of sp³-hybridized carbons (Fsp3) is 0.462. The second-order valence-electron chi connectivity index (χ2n) is 3.99. The van der Waals surface area contributed by atoms with Gasteiger partial charge in [-0.25, -0.2) is 4.79 Å². The average Bonchev–Trinajstić information content (AvgIpc) is 2.30. The van der Waals surface area contributed by atoms with Gasteiger partial charge in [0, 0.05) is 5.69 Å². The first kappa shape index (κ1) is 13.9. The van der Waals surface area contributed by atoms with Crippen molar-refractivity contribution in [3.8, 4) is 0 Å².